The molecule has 17 heavy (non-hydrogen) atoms. The van der Waals surface area contributed by atoms with Crippen LogP contribution in [0.5, 0.6) is 0 Å². The summed E-state index contributed by atoms with van der Waals surface area (Å²) in [4.78, 5) is 28.0. The Labute approximate surface area is 103 Å². The predicted molar refractivity (Wildman–Crippen MR) is 62.7 cm³/mol. The summed E-state index contributed by atoms with van der Waals surface area (Å²) >= 11 is 1.36. The van der Waals surface area contributed by atoms with Crippen molar-refractivity contribution < 1.29 is 14.7 Å². The van der Waals surface area contributed by atoms with Crippen molar-refractivity contribution in [3.63, 3.8) is 0 Å². The Bertz CT molecular complexity index is 428. The maximum atomic E-state index is 12.0. The van der Waals surface area contributed by atoms with E-state index in [-0.39, 0.29) is 12.5 Å². The standard InChI is InChI=1S/C11H14N2O3S/c1-11(10(15)16,4-8-5-12-6-17-8)9(14)13-7-2-3-7/h5-7H,2-4H2,1H3,(H,13,14)(H,15,16). The Morgan fingerprint density at radius 1 is 1.65 bits per heavy atom. The van der Waals surface area contributed by atoms with E-state index >= 15 is 0 Å². The molecule has 1 aromatic heterocycles. The van der Waals surface area contributed by atoms with E-state index in [0.717, 1.165) is 17.7 Å². The fraction of sp³-hybridized carbons (Fsp3) is 0.545. The van der Waals surface area contributed by atoms with Gasteiger partial charge in [-0.2, -0.15) is 0 Å². The second-order valence-corrected chi connectivity index (χ2v) is 5.50. The molecular formula is C11H14N2O3S. The van der Waals surface area contributed by atoms with Gasteiger partial charge in [0.2, 0.25) is 5.91 Å². The fourth-order valence-electron chi connectivity index (χ4n) is 1.50. The molecule has 0 bridgehead atoms. The van der Waals surface area contributed by atoms with Crippen molar-refractivity contribution in [2.24, 2.45) is 5.41 Å². The number of hydrogen-bond acceptors (Lipinski definition) is 4. The highest BCUT2D eigenvalue weighted by Crippen LogP contribution is 2.28. The number of carbonyl (C=O) groups excluding carboxylic acids is 1. The van der Waals surface area contributed by atoms with Crippen LogP contribution in [-0.2, 0) is 16.0 Å². The summed E-state index contributed by atoms with van der Waals surface area (Å²) < 4.78 is 0. The van der Waals surface area contributed by atoms with Gasteiger partial charge in [-0.05, 0) is 19.8 Å². The summed E-state index contributed by atoms with van der Waals surface area (Å²) in [6, 6.07) is 0.169. The second-order valence-electron chi connectivity index (χ2n) is 4.53. The molecular weight excluding hydrogens is 240 g/mol. The van der Waals surface area contributed by atoms with Gasteiger partial charge in [-0.25, -0.2) is 0 Å². The van der Waals surface area contributed by atoms with E-state index in [1.54, 1.807) is 11.7 Å². The average molecular weight is 254 g/mol. The van der Waals surface area contributed by atoms with Crippen LogP contribution < -0.4 is 5.32 Å². The molecule has 5 nitrogen and oxygen atoms in total. The van der Waals surface area contributed by atoms with E-state index in [2.05, 4.69) is 10.3 Å². The van der Waals surface area contributed by atoms with Gasteiger partial charge in [-0.1, -0.05) is 0 Å². The minimum atomic E-state index is -1.41. The third kappa shape index (κ3) is 2.63. The zero-order valence-corrected chi connectivity index (χ0v) is 10.3. The number of hydrogen-bond donors (Lipinski definition) is 2. The van der Waals surface area contributed by atoms with Crippen molar-refractivity contribution in [1.29, 1.82) is 0 Å². The Hall–Kier alpha value is -1.43. The first-order valence-corrected chi connectivity index (χ1v) is 6.32. The number of amides is 1. The number of nitrogens with zero attached hydrogens (tertiary/aromatic N) is 1. The van der Waals surface area contributed by atoms with Gasteiger partial charge >= 0.3 is 5.97 Å². The number of nitrogens with one attached hydrogen (secondary N) is 1. The van der Waals surface area contributed by atoms with Crippen molar-refractivity contribution in [3.8, 4) is 0 Å². The van der Waals surface area contributed by atoms with Gasteiger partial charge in [0.05, 0.1) is 5.51 Å². The maximum absolute atomic E-state index is 12.0. The normalized spacial score (nSPS) is 18.4. The molecule has 0 aliphatic heterocycles. The highest BCUT2D eigenvalue weighted by atomic mass is 32.1. The number of carboxylic acid groups (broad SMARTS) is 1. The monoisotopic (exact) mass is 254 g/mol. The molecule has 1 aliphatic rings. The maximum Gasteiger partial charge on any atom is 0.319 e. The number of carboxylic acids is 1. The molecule has 1 heterocycles. The Balaban J connectivity index is 2.12. The van der Waals surface area contributed by atoms with E-state index in [9.17, 15) is 14.7 Å². The van der Waals surface area contributed by atoms with Gasteiger partial charge in [0.15, 0.2) is 0 Å². The van der Waals surface area contributed by atoms with Crippen LogP contribution in [0.25, 0.3) is 0 Å². The molecule has 0 spiro atoms. The SMILES string of the molecule is CC(Cc1cncs1)(C(=O)O)C(=O)NC1CC1. The minimum absolute atomic E-state index is 0.169. The van der Waals surface area contributed by atoms with Crippen molar-refractivity contribution in [2.45, 2.75) is 32.2 Å². The van der Waals surface area contributed by atoms with Gasteiger partial charge in [0, 0.05) is 23.5 Å². The highest BCUT2D eigenvalue weighted by molar-refractivity contribution is 7.09. The van der Waals surface area contributed by atoms with Crippen LogP contribution in [0.3, 0.4) is 0 Å². The smallest absolute Gasteiger partial charge is 0.319 e. The molecule has 92 valence electrons. The first kappa shape index (κ1) is 12.0. The third-order valence-corrected chi connectivity index (χ3v) is 3.68. The summed E-state index contributed by atoms with van der Waals surface area (Å²) in [7, 11) is 0. The lowest BCUT2D eigenvalue weighted by Crippen LogP contribution is -2.46. The molecule has 2 N–H and O–H groups in total. The molecule has 0 radical (unpaired) electrons. The lowest BCUT2D eigenvalue weighted by molar-refractivity contribution is -0.154. The molecule has 1 atom stereocenters. The molecule has 6 heteroatoms. The van der Waals surface area contributed by atoms with Gasteiger partial charge in [-0.3, -0.25) is 14.6 Å². The van der Waals surface area contributed by atoms with E-state index in [1.165, 1.54) is 18.3 Å². The van der Waals surface area contributed by atoms with Crippen LogP contribution in [0.15, 0.2) is 11.7 Å². The minimum Gasteiger partial charge on any atom is -0.480 e. The molecule has 1 fully saturated rings. The number of aromatic nitrogens is 1. The first-order valence-electron chi connectivity index (χ1n) is 5.44. The van der Waals surface area contributed by atoms with Crippen LogP contribution in [0.2, 0.25) is 0 Å². The van der Waals surface area contributed by atoms with E-state index < -0.39 is 17.3 Å². The lowest BCUT2D eigenvalue weighted by atomic mass is 9.85. The summed E-state index contributed by atoms with van der Waals surface area (Å²) in [6.45, 7) is 1.47. The van der Waals surface area contributed by atoms with E-state index in [0.29, 0.717) is 0 Å². The second kappa shape index (κ2) is 4.44. The molecule has 2 rings (SSSR count). The fourth-order valence-corrected chi connectivity index (χ4v) is 2.25. The first-order chi connectivity index (χ1) is 8.02. The van der Waals surface area contributed by atoms with Crippen molar-refractivity contribution in [2.75, 3.05) is 0 Å². The molecule has 1 aliphatic carbocycles. The van der Waals surface area contributed by atoms with E-state index in [4.69, 9.17) is 0 Å². The van der Waals surface area contributed by atoms with Gasteiger partial charge < -0.3 is 10.4 Å². The quantitative estimate of drug-likeness (QED) is 0.770. The topological polar surface area (TPSA) is 79.3 Å². The number of carbonyl (C=O) groups is 2. The Kier molecular flexibility index (Phi) is 3.15. The van der Waals surface area contributed by atoms with Gasteiger partial charge in [0.1, 0.15) is 5.41 Å². The third-order valence-electron chi connectivity index (χ3n) is 2.90. The van der Waals surface area contributed by atoms with Crippen molar-refractivity contribution >= 4 is 23.2 Å². The van der Waals surface area contributed by atoms with Crippen LogP contribution in [0.1, 0.15) is 24.6 Å². The summed E-state index contributed by atoms with van der Waals surface area (Å²) in [5.41, 5.74) is 0.228. The predicted octanol–water partition coefficient (Wildman–Crippen LogP) is 1.06. The number of rotatable bonds is 5. The zero-order valence-electron chi connectivity index (χ0n) is 9.47. The van der Waals surface area contributed by atoms with Crippen molar-refractivity contribution in [1.82, 2.24) is 10.3 Å². The lowest BCUT2D eigenvalue weighted by Gasteiger charge is -2.22. The molecule has 1 unspecified atom stereocenters. The zero-order chi connectivity index (χ0) is 12.5. The average Bonchev–Trinajstić information content (AvgIpc) is 2.93. The Morgan fingerprint density at radius 3 is 2.82 bits per heavy atom. The molecule has 1 aromatic rings. The van der Waals surface area contributed by atoms with Gasteiger partial charge in [0.25, 0.3) is 0 Å². The highest BCUT2D eigenvalue weighted by Gasteiger charge is 2.43. The molecule has 1 saturated carbocycles. The van der Waals surface area contributed by atoms with Crippen LogP contribution in [-0.4, -0.2) is 28.0 Å². The summed E-state index contributed by atoms with van der Waals surface area (Å²) in [5.74, 6) is -1.50. The van der Waals surface area contributed by atoms with E-state index in [1.807, 2.05) is 0 Å². The van der Waals surface area contributed by atoms with Crippen LogP contribution >= 0.6 is 11.3 Å². The molecule has 0 aromatic carbocycles. The summed E-state index contributed by atoms with van der Waals surface area (Å²) in [6.07, 6.45) is 3.69. The largest absolute Gasteiger partial charge is 0.480 e. The Morgan fingerprint density at radius 2 is 2.35 bits per heavy atom. The van der Waals surface area contributed by atoms with Crippen LogP contribution in [0.4, 0.5) is 0 Å². The summed E-state index contributed by atoms with van der Waals surface area (Å²) in [5, 5.41) is 12.0. The number of aliphatic carboxylic acids is 1. The molecule has 1 amide bonds. The molecule has 0 saturated heterocycles. The van der Waals surface area contributed by atoms with Crippen molar-refractivity contribution in [3.05, 3.63) is 16.6 Å². The van der Waals surface area contributed by atoms with Gasteiger partial charge in [-0.15, -0.1) is 11.3 Å². The van der Waals surface area contributed by atoms with Crippen LogP contribution in [0, 0.1) is 5.41 Å². The number of thiazole rings is 1.